The second-order valence-electron chi connectivity index (χ2n) is 4.41. The predicted octanol–water partition coefficient (Wildman–Crippen LogP) is 2.02. The zero-order valence-corrected chi connectivity index (χ0v) is 12.1. The fourth-order valence-electron chi connectivity index (χ4n) is 2.26. The van der Waals surface area contributed by atoms with E-state index < -0.39 is 9.84 Å². The second kappa shape index (κ2) is 4.64. The van der Waals surface area contributed by atoms with Crippen LogP contribution in [0.15, 0.2) is 12.4 Å². The van der Waals surface area contributed by atoms with Gasteiger partial charge in [-0.15, -0.1) is 0 Å². The molecule has 0 saturated heterocycles. The van der Waals surface area contributed by atoms with Crippen LogP contribution in [0.1, 0.15) is 31.7 Å². The molecule has 0 N–H and O–H groups in total. The third kappa shape index (κ3) is 2.77. The van der Waals surface area contributed by atoms with Crippen LogP contribution in [0.4, 0.5) is 0 Å². The average molecular weight is 354 g/mol. The fourth-order valence-corrected chi connectivity index (χ4v) is 3.84. The minimum absolute atomic E-state index is 0.187. The normalized spacial score (nSPS) is 26.9. The summed E-state index contributed by atoms with van der Waals surface area (Å²) in [5.41, 5.74) is 0. The zero-order valence-electron chi connectivity index (χ0n) is 9.13. The Kier molecular flexibility index (Phi) is 3.58. The van der Waals surface area contributed by atoms with Gasteiger partial charge in [-0.2, -0.15) is 5.10 Å². The third-order valence-electron chi connectivity index (χ3n) is 3.15. The molecule has 2 atom stereocenters. The lowest BCUT2D eigenvalue weighted by atomic mass is 9.95. The molecular formula is C10H15IN2O2S. The van der Waals surface area contributed by atoms with E-state index in [0.29, 0.717) is 6.42 Å². The summed E-state index contributed by atoms with van der Waals surface area (Å²) in [7, 11) is -2.90. The first-order valence-electron chi connectivity index (χ1n) is 5.35. The van der Waals surface area contributed by atoms with Crippen molar-refractivity contribution < 1.29 is 8.42 Å². The van der Waals surface area contributed by atoms with E-state index in [4.69, 9.17) is 0 Å². The topological polar surface area (TPSA) is 52.0 Å². The maximum absolute atomic E-state index is 11.5. The number of sulfone groups is 1. The molecule has 0 amide bonds. The summed E-state index contributed by atoms with van der Waals surface area (Å²) >= 11 is 2.22. The molecular weight excluding hydrogens is 339 g/mol. The lowest BCUT2D eigenvalue weighted by Gasteiger charge is -2.28. The Bertz CT molecular complexity index is 469. The van der Waals surface area contributed by atoms with Gasteiger partial charge in [0.05, 0.1) is 21.1 Å². The Labute approximate surface area is 109 Å². The van der Waals surface area contributed by atoms with Gasteiger partial charge in [-0.1, -0.05) is 6.42 Å². The summed E-state index contributed by atoms with van der Waals surface area (Å²) in [4.78, 5) is 0. The number of rotatable bonds is 2. The maximum atomic E-state index is 11.5. The van der Waals surface area contributed by atoms with Crippen LogP contribution < -0.4 is 0 Å². The van der Waals surface area contributed by atoms with Crippen LogP contribution >= 0.6 is 22.6 Å². The van der Waals surface area contributed by atoms with Crippen LogP contribution in [0.3, 0.4) is 0 Å². The van der Waals surface area contributed by atoms with Crippen LogP contribution in [0, 0.1) is 3.57 Å². The lowest BCUT2D eigenvalue weighted by Crippen LogP contribution is -2.29. The summed E-state index contributed by atoms with van der Waals surface area (Å²) in [6.07, 6.45) is 8.64. The van der Waals surface area contributed by atoms with Crippen molar-refractivity contribution in [2.45, 2.75) is 37.0 Å². The van der Waals surface area contributed by atoms with Gasteiger partial charge in [0.25, 0.3) is 0 Å². The van der Waals surface area contributed by atoms with Crippen molar-refractivity contribution in [1.29, 1.82) is 0 Å². The quantitative estimate of drug-likeness (QED) is 0.764. The first-order valence-corrected chi connectivity index (χ1v) is 8.38. The van der Waals surface area contributed by atoms with Gasteiger partial charge in [-0.05, 0) is 41.9 Å². The van der Waals surface area contributed by atoms with Gasteiger partial charge in [0.2, 0.25) is 0 Å². The van der Waals surface area contributed by atoms with Crippen molar-refractivity contribution in [3.05, 3.63) is 16.0 Å². The van der Waals surface area contributed by atoms with E-state index in [1.807, 2.05) is 17.1 Å². The number of aromatic nitrogens is 2. The Morgan fingerprint density at radius 1 is 1.50 bits per heavy atom. The third-order valence-corrected chi connectivity index (χ3v) is 5.34. The Morgan fingerprint density at radius 3 is 2.81 bits per heavy atom. The molecule has 1 aromatic heterocycles. The second-order valence-corrected chi connectivity index (χ2v) is 7.98. The summed E-state index contributed by atoms with van der Waals surface area (Å²) in [5, 5.41) is 4.08. The summed E-state index contributed by atoms with van der Waals surface area (Å²) in [5.74, 6) is 0. The standard InChI is InChI=1S/C10H15IN2O2S/c1-16(14,15)10-4-2-3-9(5-10)13-7-8(11)6-12-13/h6-7,9-10H,2-5H2,1H3. The molecule has 1 saturated carbocycles. The molecule has 1 aliphatic rings. The van der Waals surface area contributed by atoms with Gasteiger partial charge in [0.15, 0.2) is 0 Å². The van der Waals surface area contributed by atoms with Crippen molar-refractivity contribution in [2.75, 3.05) is 6.26 Å². The van der Waals surface area contributed by atoms with E-state index in [2.05, 4.69) is 27.7 Å². The van der Waals surface area contributed by atoms with Crippen LogP contribution in [0.25, 0.3) is 0 Å². The first kappa shape index (κ1) is 12.3. The van der Waals surface area contributed by atoms with E-state index in [-0.39, 0.29) is 11.3 Å². The molecule has 16 heavy (non-hydrogen) atoms. The molecule has 1 aromatic rings. The van der Waals surface area contributed by atoms with Crippen LogP contribution in [0.5, 0.6) is 0 Å². The van der Waals surface area contributed by atoms with Gasteiger partial charge < -0.3 is 0 Å². The summed E-state index contributed by atoms with van der Waals surface area (Å²) < 4.78 is 26.1. The number of nitrogens with zero attached hydrogens (tertiary/aromatic N) is 2. The highest BCUT2D eigenvalue weighted by atomic mass is 127. The highest BCUT2D eigenvalue weighted by Gasteiger charge is 2.29. The molecule has 4 nitrogen and oxygen atoms in total. The van der Waals surface area contributed by atoms with Crippen molar-refractivity contribution in [1.82, 2.24) is 9.78 Å². The molecule has 2 rings (SSSR count). The molecule has 6 heteroatoms. The summed E-state index contributed by atoms with van der Waals surface area (Å²) in [6.45, 7) is 0. The van der Waals surface area contributed by atoms with E-state index in [1.54, 1.807) is 0 Å². The highest BCUT2D eigenvalue weighted by molar-refractivity contribution is 14.1. The summed E-state index contributed by atoms with van der Waals surface area (Å²) in [6, 6.07) is 0.247. The fraction of sp³-hybridized carbons (Fsp3) is 0.700. The Morgan fingerprint density at radius 2 is 2.25 bits per heavy atom. The van der Waals surface area contributed by atoms with Gasteiger partial charge in [0.1, 0.15) is 9.84 Å². The van der Waals surface area contributed by atoms with E-state index in [9.17, 15) is 8.42 Å². The van der Waals surface area contributed by atoms with E-state index in [0.717, 1.165) is 22.8 Å². The average Bonchev–Trinajstić information content (AvgIpc) is 2.64. The minimum Gasteiger partial charge on any atom is -0.269 e. The molecule has 1 fully saturated rings. The van der Waals surface area contributed by atoms with Crippen molar-refractivity contribution >= 4 is 32.4 Å². The van der Waals surface area contributed by atoms with Crippen molar-refractivity contribution in [3.63, 3.8) is 0 Å². The Hall–Kier alpha value is -0.110. The van der Waals surface area contributed by atoms with Gasteiger partial charge in [0, 0.05) is 12.5 Å². The van der Waals surface area contributed by atoms with Crippen LogP contribution in [0.2, 0.25) is 0 Å². The molecule has 90 valence electrons. The van der Waals surface area contributed by atoms with Crippen molar-refractivity contribution in [2.24, 2.45) is 0 Å². The van der Waals surface area contributed by atoms with E-state index >= 15 is 0 Å². The number of halogens is 1. The number of hydrogen-bond acceptors (Lipinski definition) is 3. The first-order chi connectivity index (χ1) is 7.47. The maximum Gasteiger partial charge on any atom is 0.150 e. The molecule has 1 aliphatic carbocycles. The molecule has 0 aromatic carbocycles. The van der Waals surface area contributed by atoms with Crippen LogP contribution in [-0.4, -0.2) is 29.7 Å². The largest absolute Gasteiger partial charge is 0.269 e. The van der Waals surface area contributed by atoms with Gasteiger partial charge >= 0.3 is 0 Å². The smallest absolute Gasteiger partial charge is 0.150 e. The molecule has 0 radical (unpaired) electrons. The molecule has 0 spiro atoms. The zero-order chi connectivity index (χ0) is 11.8. The van der Waals surface area contributed by atoms with E-state index in [1.165, 1.54) is 6.26 Å². The van der Waals surface area contributed by atoms with Crippen LogP contribution in [-0.2, 0) is 9.84 Å². The SMILES string of the molecule is CS(=O)(=O)C1CCCC(n2cc(I)cn2)C1. The monoisotopic (exact) mass is 354 g/mol. The Balaban J connectivity index is 2.13. The molecule has 1 heterocycles. The lowest BCUT2D eigenvalue weighted by molar-refractivity contribution is 0.329. The minimum atomic E-state index is -2.90. The number of hydrogen-bond donors (Lipinski definition) is 0. The molecule has 0 aliphatic heterocycles. The molecule has 2 unspecified atom stereocenters. The van der Waals surface area contributed by atoms with Crippen molar-refractivity contribution in [3.8, 4) is 0 Å². The molecule has 0 bridgehead atoms. The highest BCUT2D eigenvalue weighted by Crippen LogP contribution is 2.31. The van der Waals surface area contributed by atoms with Gasteiger partial charge in [-0.3, -0.25) is 4.68 Å². The van der Waals surface area contributed by atoms with Gasteiger partial charge in [-0.25, -0.2) is 8.42 Å². The predicted molar refractivity (Wildman–Crippen MR) is 71.1 cm³/mol.